The van der Waals surface area contributed by atoms with Crippen molar-refractivity contribution in [2.45, 2.75) is 137 Å². The van der Waals surface area contributed by atoms with E-state index in [1.807, 2.05) is 0 Å². The average molecular weight is 569 g/mol. The number of rotatable bonds is 28. The Morgan fingerprint density at radius 3 is 1.15 bits per heavy atom. The van der Waals surface area contributed by atoms with Gasteiger partial charge in [0.25, 0.3) is 0 Å². The van der Waals surface area contributed by atoms with Crippen molar-refractivity contribution in [3.63, 3.8) is 0 Å². The molecule has 0 aromatic rings. The van der Waals surface area contributed by atoms with E-state index in [4.69, 9.17) is 0 Å². The fourth-order valence-electron chi connectivity index (χ4n) is 5.70. The van der Waals surface area contributed by atoms with E-state index in [1.165, 1.54) is 77.0 Å². The largest absolute Gasteiger partial charge is 0.481 e. The molecule has 0 saturated carbocycles. The molecule has 0 aromatic carbocycles. The quantitative estimate of drug-likeness (QED) is 0.0498. The van der Waals surface area contributed by atoms with E-state index in [9.17, 15) is 29.7 Å². The van der Waals surface area contributed by atoms with E-state index in [1.54, 1.807) is 20.8 Å². The van der Waals surface area contributed by atoms with Crippen molar-refractivity contribution in [1.29, 1.82) is 0 Å². The third-order valence-electron chi connectivity index (χ3n) is 8.14. The molecule has 3 N–H and O–H groups in total. The number of quaternary nitrogens is 1. The highest BCUT2D eigenvalue weighted by Crippen LogP contribution is 2.22. The smallest absolute Gasteiger partial charge is 0.311 e. The molecule has 0 saturated heterocycles. The summed E-state index contributed by atoms with van der Waals surface area (Å²) in [7, 11) is 0. The van der Waals surface area contributed by atoms with Crippen LogP contribution in [0.4, 0.5) is 0 Å². The zero-order valence-corrected chi connectivity index (χ0v) is 26.2. The third-order valence-corrected chi connectivity index (χ3v) is 8.14. The van der Waals surface area contributed by atoms with Crippen LogP contribution in [0.2, 0.25) is 0 Å². The second-order valence-electron chi connectivity index (χ2n) is 12.3. The van der Waals surface area contributed by atoms with Crippen molar-refractivity contribution < 1.29 is 34.2 Å². The second kappa shape index (κ2) is 23.8. The SMILES string of the molecule is CCCCCCCCCCCCCC/C=C/CCCCC[N+](CC(C)C(=O)O)(CC(C)C(=O)O)CC(C)C(=O)O. The summed E-state index contributed by atoms with van der Waals surface area (Å²) < 4.78 is 0.212. The Balaban J connectivity index is 4.36. The lowest BCUT2D eigenvalue weighted by atomic mass is 10.0. The number of unbranched alkanes of at least 4 members (excludes halogenated alkanes) is 15. The molecular formula is C33H62NO6+. The molecule has 7 nitrogen and oxygen atoms in total. The lowest BCUT2D eigenvalue weighted by Gasteiger charge is -2.42. The molecule has 0 radical (unpaired) electrons. The summed E-state index contributed by atoms with van der Waals surface area (Å²) in [6, 6.07) is 0. The molecule has 0 heterocycles. The number of carboxylic acid groups (broad SMARTS) is 3. The summed E-state index contributed by atoms with van der Waals surface area (Å²) in [4.78, 5) is 34.8. The molecule has 40 heavy (non-hydrogen) atoms. The Kier molecular flexibility index (Phi) is 22.7. The van der Waals surface area contributed by atoms with Crippen LogP contribution in [-0.2, 0) is 14.4 Å². The second-order valence-corrected chi connectivity index (χ2v) is 12.3. The molecule has 0 spiro atoms. The lowest BCUT2D eigenvalue weighted by molar-refractivity contribution is -0.934. The zero-order chi connectivity index (χ0) is 30.2. The van der Waals surface area contributed by atoms with Gasteiger partial charge in [-0.1, -0.05) is 89.7 Å². The maximum Gasteiger partial charge on any atom is 0.311 e. The fourth-order valence-corrected chi connectivity index (χ4v) is 5.70. The fraction of sp³-hybridized carbons (Fsp3) is 0.848. The van der Waals surface area contributed by atoms with Gasteiger partial charge in [-0.25, -0.2) is 0 Å². The molecule has 0 rings (SSSR count). The van der Waals surface area contributed by atoms with Crippen molar-refractivity contribution in [1.82, 2.24) is 0 Å². The average Bonchev–Trinajstić information content (AvgIpc) is 2.89. The highest BCUT2D eigenvalue weighted by atomic mass is 16.4. The van der Waals surface area contributed by atoms with Gasteiger partial charge >= 0.3 is 17.9 Å². The molecule has 7 heteroatoms. The minimum Gasteiger partial charge on any atom is -0.481 e. The minimum atomic E-state index is -0.938. The first-order valence-corrected chi connectivity index (χ1v) is 16.2. The van der Waals surface area contributed by atoms with Gasteiger partial charge < -0.3 is 19.8 Å². The van der Waals surface area contributed by atoms with Gasteiger partial charge in [0.1, 0.15) is 17.8 Å². The predicted octanol–water partition coefficient (Wildman–Crippen LogP) is 8.17. The summed E-state index contributed by atoms with van der Waals surface area (Å²) in [5, 5.41) is 28.5. The lowest BCUT2D eigenvalue weighted by Crippen LogP contribution is -2.57. The molecule has 0 bridgehead atoms. The Bertz CT molecular complexity index is 652. The van der Waals surface area contributed by atoms with Crippen LogP contribution in [0.3, 0.4) is 0 Å². The summed E-state index contributed by atoms with van der Waals surface area (Å²) in [5.41, 5.74) is 0. The zero-order valence-electron chi connectivity index (χ0n) is 26.2. The summed E-state index contributed by atoms with van der Waals surface area (Å²) in [6.45, 7) is 8.43. The van der Waals surface area contributed by atoms with E-state index >= 15 is 0 Å². The van der Waals surface area contributed by atoms with Crippen molar-refractivity contribution >= 4 is 17.9 Å². The molecule has 0 aliphatic heterocycles. The molecule has 0 fully saturated rings. The van der Waals surface area contributed by atoms with E-state index < -0.39 is 35.7 Å². The normalized spacial score (nSPS) is 15.5. The van der Waals surface area contributed by atoms with Crippen molar-refractivity contribution in [3.8, 4) is 0 Å². The van der Waals surface area contributed by atoms with E-state index in [-0.39, 0.29) is 24.1 Å². The van der Waals surface area contributed by atoms with Gasteiger partial charge in [-0.15, -0.1) is 0 Å². The first-order chi connectivity index (χ1) is 19.0. The minimum absolute atomic E-state index is 0.212. The van der Waals surface area contributed by atoms with Crippen molar-refractivity contribution in [3.05, 3.63) is 12.2 Å². The Labute approximate surface area is 245 Å². The maximum atomic E-state index is 11.6. The Morgan fingerprint density at radius 1 is 0.525 bits per heavy atom. The molecule has 234 valence electrons. The van der Waals surface area contributed by atoms with Gasteiger partial charge in [-0.3, -0.25) is 14.4 Å². The summed E-state index contributed by atoms with van der Waals surface area (Å²) in [5.74, 6) is -4.84. The van der Waals surface area contributed by atoms with Gasteiger partial charge in [0.15, 0.2) is 0 Å². The number of carboxylic acids is 3. The van der Waals surface area contributed by atoms with E-state index in [0.717, 1.165) is 32.1 Å². The molecule has 0 amide bonds. The monoisotopic (exact) mass is 568 g/mol. The van der Waals surface area contributed by atoms with Crippen LogP contribution in [0.15, 0.2) is 12.2 Å². The summed E-state index contributed by atoms with van der Waals surface area (Å²) >= 11 is 0. The Hall–Kier alpha value is -1.89. The van der Waals surface area contributed by atoms with Crippen LogP contribution >= 0.6 is 0 Å². The molecular weight excluding hydrogens is 506 g/mol. The molecule has 0 aromatic heterocycles. The highest BCUT2D eigenvalue weighted by molar-refractivity contribution is 5.70. The van der Waals surface area contributed by atoms with E-state index in [2.05, 4.69) is 19.1 Å². The maximum absolute atomic E-state index is 11.6. The molecule has 0 aliphatic carbocycles. The van der Waals surface area contributed by atoms with Gasteiger partial charge in [-0.05, 0) is 59.3 Å². The standard InChI is InChI=1S/C33H61NO6/c1-5-6-7-8-9-10-11-12-13-14-15-16-17-18-19-20-21-22-23-24-34(25-28(2)31(35)36,26-29(3)32(37)38)27-30(4)33(39)40/h18-19,28-30H,5-17,20-27H2,1-4H3,(H2-,35,36,37,38,39,40)/p+1/b19-18+. The van der Waals surface area contributed by atoms with Crippen LogP contribution in [0.1, 0.15) is 137 Å². The van der Waals surface area contributed by atoms with Gasteiger partial charge in [0.2, 0.25) is 0 Å². The third kappa shape index (κ3) is 20.1. The molecule has 3 unspecified atom stereocenters. The van der Waals surface area contributed by atoms with Crippen molar-refractivity contribution in [2.24, 2.45) is 17.8 Å². The van der Waals surface area contributed by atoms with Gasteiger partial charge in [-0.2, -0.15) is 0 Å². The number of aliphatic carboxylic acids is 3. The first-order valence-electron chi connectivity index (χ1n) is 16.2. The number of hydrogen-bond donors (Lipinski definition) is 3. The summed E-state index contributed by atoms with van der Waals surface area (Å²) in [6.07, 6.45) is 25.8. The van der Waals surface area contributed by atoms with Gasteiger partial charge in [0.05, 0.1) is 26.2 Å². The topological polar surface area (TPSA) is 112 Å². The highest BCUT2D eigenvalue weighted by Gasteiger charge is 2.38. The first kappa shape index (κ1) is 38.1. The van der Waals surface area contributed by atoms with E-state index in [0.29, 0.717) is 6.54 Å². The van der Waals surface area contributed by atoms with Crippen LogP contribution in [0.25, 0.3) is 0 Å². The number of nitrogens with zero attached hydrogens (tertiary/aromatic N) is 1. The number of carbonyl (C=O) groups is 3. The van der Waals surface area contributed by atoms with Gasteiger partial charge in [0, 0.05) is 0 Å². The van der Waals surface area contributed by atoms with Crippen LogP contribution < -0.4 is 0 Å². The number of hydrogen-bond acceptors (Lipinski definition) is 3. The number of allylic oxidation sites excluding steroid dienone is 2. The molecule has 0 aliphatic rings. The predicted molar refractivity (Wildman–Crippen MR) is 163 cm³/mol. The van der Waals surface area contributed by atoms with Crippen molar-refractivity contribution in [2.75, 3.05) is 26.2 Å². The van der Waals surface area contributed by atoms with Crippen LogP contribution in [0.5, 0.6) is 0 Å². The van der Waals surface area contributed by atoms with Crippen LogP contribution in [0, 0.1) is 17.8 Å². The Morgan fingerprint density at radius 2 is 0.825 bits per heavy atom. The molecule has 3 atom stereocenters. The van der Waals surface area contributed by atoms with Crippen LogP contribution in [-0.4, -0.2) is 63.9 Å².